The van der Waals surface area contributed by atoms with Crippen LogP contribution >= 0.6 is 23.2 Å². The first kappa shape index (κ1) is 18.9. The van der Waals surface area contributed by atoms with Gasteiger partial charge in [0.1, 0.15) is 5.75 Å². The number of hydrogen-bond donors (Lipinski definition) is 2. The van der Waals surface area contributed by atoms with Crippen molar-refractivity contribution in [1.82, 2.24) is 5.43 Å². The van der Waals surface area contributed by atoms with Crippen LogP contribution in [0.4, 0.5) is 0 Å². The summed E-state index contributed by atoms with van der Waals surface area (Å²) in [5, 5.41) is 14.6. The first-order valence-electron chi connectivity index (χ1n) is 7.35. The van der Waals surface area contributed by atoms with E-state index < -0.39 is 5.91 Å². The topological polar surface area (TPSA) is 80.2 Å². The Kier molecular flexibility index (Phi) is 6.91. The van der Waals surface area contributed by atoms with Crippen LogP contribution in [0.1, 0.15) is 12.5 Å². The Hall–Kier alpha value is -2.44. The number of hydrogen-bond acceptors (Lipinski definition) is 5. The van der Waals surface area contributed by atoms with Gasteiger partial charge in [-0.2, -0.15) is 5.10 Å². The molecular formula is C17H16Cl2N2O4. The number of amides is 1. The predicted molar refractivity (Wildman–Crippen MR) is 97.0 cm³/mol. The first-order chi connectivity index (χ1) is 12.0. The molecule has 2 aromatic carbocycles. The third-order valence-corrected chi connectivity index (χ3v) is 3.51. The quantitative estimate of drug-likeness (QED) is 0.565. The Morgan fingerprint density at radius 3 is 2.76 bits per heavy atom. The van der Waals surface area contributed by atoms with Crippen molar-refractivity contribution < 1.29 is 19.4 Å². The van der Waals surface area contributed by atoms with E-state index in [0.29, 0.717) is 33.7 Å². The van der Waals surface area contributed by atoms with E-state index in [1.807, 2.05) is 6.92 Å². The van der Waals surface area contributed by atoms with Gasteiger partial charge in [-0.05, 0) is 37.3 Å². The maximum Gasteiger partial charge on any atom is 0.277 e. The molecule has 1 amide bonds. The SMILES string of the molecule is CCOc1cccc(/C=N\NC(=O)COc2ccc(Cl)cc2Cl)c1O. The van der Waals surface area contributed by atoms with E-state index in [9.17, 15) is 9.90 Å². The third-order valence-electron chi connectivity index (χ3n) is 2.98. The fourth-order valence-corrected chi connectivity index (χ4v) is 2.32. The molecule has 0 spiro atoms. The molecule has 0 saturated heterocycles. The van der Waals surface area contributed by atoms with Crippen LogP contribution in [0.15, 0.2) is 41.5 Å². The van der Waals surface area contributed by atoms with Gasteiger partial charge in [0.15, 0.2) is 18.1 Å². The summed E-state index contributed by atoms with van der Waals surface area (Å²) < 4.78 is 10.6. The molecule has 0 aliphatic heterocycles. The summed E-state index contributed by atoms with van der Waals surface area (Å²) in [4.78, 5) is 11.7. The van der Waals surface area contributed by atoms with Crippen molar-refractivity contribution in [2.24, 2.45) is 5.10 Å². The van der Waals surface area contributed by atoms with Gasteiger partial charge in [-0.15, -0.1) is 0 Å². The second-order valence-corrected chi connectivity index (χ2v) is 5.63. The molecule has 8 heteroatoms. The minimum Gasteiger partial charge on any atom is -0.504 e. The van der Waals surface area contributed by atoms with Gasteiger partial charge in [-0.1, -0.05) is 29.3 Å². The Balaban J connectivity index is 1.89. The van der Waals surface area contributed by atoms with Crippen LogP contribution in [0.3, 0.4) is 0 Å². The summed E-state index contributed by atoms with van der Waals surface area (Å²) in [5.41, 5.74) is 2.71. The second kappa shape index (κ2) is 9.15. The smallest absolute Gasteiger partial charge is 0.277 e. The number of ether oxygens (including phenoxy) is 2. The van der Waals surface area contributed by atoms with Gasteiger partial charge in [-0.25, -0.2) is 5.43 Å². The molecule has 2 rings (SSSR count). The predicted octanol–water partition coefficient (Wildman–Crippen LogP) is 3.63. The number of nitrogens with zero attached hydrogens (tertiary/aromatic N) is 1. The molecular weight excluding hydrogens is 367 g/mol. The van der Waals surface area contributed by atoms with E-state index >= 15 is 0 Å². The number of nitrogens with one attached hydrogen (secondary N) is 1. The van der Waals surface area contributed by atoms with E-state index in [0.717, 1.165) is 0 Å². The second-order valence-electron chi connectivity index (χ2n) is 4.78. The molecule has 6 nitrogen and oxygen atoms in total. The van der Waals surface area contributed by atoms with Crippen molar-refractivity contribution in [2.75, 3.05) is 13.2 Å². The van der Waals surface area contributed by atoms with Crippen LogP contribution in [-0.2, 0) is 4.79 Å². The molecule has 0 aliphatic rings. The van der Waals surface area contributed by atoms with E-state index in [1.54, 1.807) is 30.3 Å². The highest BCUT2D eigenvalue weighted by atomic mass is 35.5. The number of aromatic hydroxyl groups is 1. The van der Waals surface area contributed by atoms with Crippen molar-refractivity contribution >= 4 is 35.3 Å². The van der Waals surface area contributed by atoms with Crippen molar-refractivity contribution in [1.29, 1.82) is 0 Å². The summed E-state index contributed by atoms with van der Waals surface area (Å²) in [6.07, 6.45) is 1.31. The van der Waals surface area contributed by atoms with Crippen molar-refractivity contribution in [3.63, 3.8) is 0 Å². The molecule has 0 radical (unpaired) electrons. The monoisotopic (exact) mass is 382 g/mol. The molecule has 0 fully saturated rings. The number of rotatable bonds is 7. The zero-order valence-corrected chi connectivity index (χ0v) is 14.8. The minimum atomic E-state index is -0.484. The highest BCUT2D eigenvalue weighted by Gasteiger charge is 2.07. The minimum absolute atomic E-state index is 0.0495. The molecule has 0 aliphatic carbocycles. The van der Waals surface area contributed by atoms with Gasteiger partial charge in [0.2, 0.25) is 0 Å². The largest absolute Gasteiger partial charge is 0.504 e. The van der Waals surface area contributed by atoms with Crippen LogP contribution in [0, 0.1) is 0 Å². The lowest BCUT2D eigenvalue weighted by Crippen LogP contribution is -2.24. The molecule has 25 heavy (non-hydrogen) atoms. The number of phenolic OH excluding ortho intramolecular Hbond substituents is 1. The summed E-state index contributed by atoms with van der Waals surface area (Å²) in [6.45, 7) is 1.96. The lowest BCUT2D eigenvalue weighted by atomic mass is 10.2. The molecule has 2 aromatic rings. The Morgan fingerprint density at radius 1 is 1.24 bits per heavy atom. The van der Waals surface area contributed by atoms with Crippen LogP contribution in [0.25, 0.3) is 0 Å². The number of hydrazone groups is 1. The number of halogens is 2. The zero-order valence-electron chi connectivity index (χ0n) is 13.3. The molecule has 0 aromatic heterocycles. The van der Waals surface area contributed by atoms with Crippen LogP contribution in [0.2, 0.25) is 10.0 Å². The van der Waals surface area contributed by atoms with Crippen molar-refractivity contribution in [2.45, 2.75) is 6.92 Å². The molecule has 132 valence electrons. The number of para-hydroxylation sites is 1. The summed E-state index contributed by atoms with van der Waals surface area (Å²) in [6, 6.07) is 9.67. The van der Waals surface area contributed by atoms with Gasteiger partial charge in [0.25, 0.3) is 5.91 Å². The van der Waals surface area contributed by atoms with Gasteiger partial charge < -0.3 is 14.6 Å². The number of phenols is 1. The average Bonchev–Trinajstić information content (AvgIpc) is 2.57. The van der Waals surface area contributed by atoms with Crippen LogP contribution < -0.4 is 14.9 Å². The molecule has 0 saturated carbocycles. The van der Waals surface area contributed by atoms with E-state index in [2.05, 4.69) is 10.5 Å². The zero-order chi connectivity index (χ0) is 18.2. The average molecular weight is 383 g/mol. The van der Waals surface area contributed by atoms with Gasteiger partial charge in [0, 0.05) is 10.6 Å². The fourth-order valence-electron chi connectivity index (χ4n) is 1.86. The summed E-state index contributed by atoms with van der Waals surface area (Å²) in [5.74, 6) is 0.153. The lowest BCUT2D eigenvalue weighted by Gasteiger charge is -2.08. The van der Waals surface area contributed by atoms with Crippen molar-refractivity contribution in [3.8, 4) is 17.2 Å². The molecule has 2 N–H and O–H groups in total. The number of carbonyl (C=O) groups is 1. The summed E-state index contributed by atoms with van der Waals surface area (Å²) in [7, 11) is 0. The highest BCUT2D eigenvalue weighted by Crippen LogP contribution is 2.28. The maximum absolute atomic E-state index is 11.7. The standard InChI is InChI=1S/C17H16Cl2N2O4/c1-2-24-15-5-3-4-11(17(15)23)9-20-21-16(22)10-25-14-7-6-12(18)8-13(14)19/h3-9,23H,2,10H2,1H3,(H,21,22)/b20-9-. The van der Waals surface area contributed by atoms with E-state index in [4.69, 9.17) is 32.7 Å². The van der Waals surface area contributed by atoms with Crippen LogP contribution in [0.5, 0.6) is 17.2 Å². The Morgan fingerprint density at radius 2 is 2.04 bits per heavy atom. The van der Waals surface area contributed by atoms with Gasteiger partial charge in [-0.3, -0.25) is 4.79 Å². The molecule has 0 unspecified atom stereocenters. The maximum atomic E-state index is 11.7. The van der Waals surface area contributed by atoms with Gasteiger partial charge in [0.05, 0.1) is 17.8 Å². The number of benzene rings is 2. The molecule has 0 atom stereocenters. The first-order valence-corrected chi connectivity index (χ1v) is 8.11. The molecule has 0 bridgehead atoms. The van der Waals surface area contributed by atoms with Crippen molar-refractivity contribution in [3.05, 3.63) is 52.0 Å². The third kappa shape index (κ3) is 5.55. The normalized spacial score (nSPS) is 10.7. The lowest BCUT2D eigenvalue weighted by molar-refractivity contribution is -0.123. The highest BCUT2D eigenvalue weighted by molar-refractivity contribution is 6.35. The van der Waals surface area contributed by atoms with E-state index in [-0.39, 0.29) is 12.4 Å². The Labute approximate surface area is 155 Å². The number of carbonyl (C=O) groups excluding carboxylic acids is 1. The Bertz CT molecular complexity index is 781. The molecule has 0 heterocycles. The fraction of sp³-hybridized carbons (Fsp3) is 0.176. The van der Waals surface area contributed by atoms with Gasteiger partial charge >= 0.3 is 0 Å². The van der Waals surface area contributed by atoms with Crippen LogP contribution in [-0.4, -0.2) is 30.4 Å². The van der Waals surface area contributed by atoms with E-state index in [1.165, 1.54) is 12.3 Å². The summed E-state index contributed by atoms with van der Waals surface area (Å²) >= 11 is 11.7.